The molecule has 0 spiro atoms. The highest BCUT2D eigenvalue weighted by atomic mass is 16.2. The number of aromatic nitrogens is 4. The summed E-state index contributed by atoms with van der Waals surface area (Å²) >= 11 is 0. The number of nitrogens with zero attached hydrogens (tertiary/aromatic N) is 3. The van der Waals surface area contributed by atoms with Gasteiger partial charge in [-0.3, -0.25) is 19.1 Å². The molecule has 0 radical (unpaired) electrons. The second kappa shape index (κ2) is 8.30. The fourth-order valence-corrected chi connectivity index (χ4v) is 4.18. The number of hydrogen-bond acceptors (Lipinski definition) is 5. The normalized spacial score (nSPS) is 15.0. The molecular weight excluding hydrogens is 404 g/mol. The van der Waals surface area contributed by atoms with E-state index in [2.05, 4.69) is 25.6 Å². The van der Waals surface area contributed by atoms with Crippen LogP contribution in [0.25, 0.3) is 10.9 Å². The Morgan fingerprint density at radius 3 is 2.84 bits per heavy atom. The van der Waals surface area contributed by atoms with Crippen molar-refractivity contribution in [3.63, 3.8) is 0 Å². The number of carbonyl (C=O) groups excluding carboxylic acids is 1. The largest absolute Gasteiger partial charge is 0.361 e. The van der Waals surface area contributed by atoms with E-state index in [1.54, 1.807) is 10.8 Å². The molecule has 8 nitrogen and oxygen atoms in total. The predicted molar refractivity (Wildman–Crippen MR) is 122 cm³/mol. The van der Waals surface area contributed by atoms with Crippen molar-refractivity contribution in [2.24, 2.45) is 0 Å². The third-order valence-corrected chi connectivity index (χ3v) is 5.81. The third-order valence-electron chi connectivity index (χ3n) is 5.81. The number of carbonyl (C=O) groups is 1. The molecule has 8 heteroatoms. The van der Waals surface area contributed by atoms with Gasteiger partial charge in [-0.05, 0) is 37.5 Å². The minimum atomic E-state index is -0.536. The van der Waals surface area contributed by atoms with Crippen LogP contribution in [0.2, 0.25) is 0 Å². The number of hydrogen-bond donors (Lipinski definition) is 3. The lowest BCUT2D eigenvalue weighted by molar-refractivity contribution is -0.124. The molecule has 1 amide bonds. The summed E-state index contributed by atoms with van der Waals surface area (Å²) in [5.74, 6) is 0.0924. The van der Waals surface area contributed by atoms with Gasteiger partial charge >= 0.3 is 0 Å². The van der Waals surface area contributed by atoms with Crippen LogP contribution >= 0.6 is 0 Å². The second-order valence-electron chi connectivity index (χ2n) is 8.09. The predicted octanol–water partition coefficient (Wildman–Crippen LogP) is 2.84. The van der Waals surface area contributed by atoms with Gasteiger partial charge in [0.25, 0.3) is 5.56 Å². The lowest BCUT2D eigenvalue weighted by Crippen LogP contribution is -2.36. The Kier molecular flexibility index (Phi) is 5.18. The molecule has 1 atom stereocenters. The van der Waals surface area contributed by atoms with Crippen LogP contribution in [0, 0.1) is 6.92 Å². The number of benzene rings is 1. The highest BCUT2D eigenvalue weighted by molar-refractivity contribution is 5.82. The first-order chi connectivity index (χ1) is 15.6. The summed E-state index contributed by atoms with van der Waals surface area (Å²) in [5, 5.41) is 7.08. The third kappa shape index (κ3) is 3.87. The average Bonchev–Trinajstić information content (AvgIpc) is 3.42. The number of anilines is 1. The molecule has 0 saturated carbocycles. The van der Waals surface area contributed by atoms with Crippen LogP contribution in [0.3, 0.4) is 0 Å². The van der Waals surface area contributed by atoms with E-state index in [0.717, 1.165) is 33.5 Å². The summed E-state index contributed by atoms with van der Waals surface area (Å²) < 4.78 is 1.58. The maximum atomic E-state index is 13.1. The van der Waals surface area contributed by atoms with E-state index in [-0.39, 0.29) is 17.3 Å². The number of aromatic amines is 1. The lowest BCUT2D eigenvalue weighted by Gasteiger charge is -2.15. The Hall–Kier alpha value is -3.94. The highest BCUT2D eigenvalue weighted by Crippen LogP contribution is 2.24. The monoisotopic (exact) mass is 428 g/mol. The summed E-state index contributed by atoms with van der Waals surface area (Å²) in [5.41, 5.74) is 4.39. The maximum Gasteiger partial charge on any atom is 0.294 e. The number of amides is 1. The van der Waals surface area contributed by atoms with E-state index in [9.17, 15) is 9.59 Å². The number of fused-ring (bicyclic) bond motifs is 2. The summed E-state index contributed by atoms with van der Waals surface area (Å²) in [6, 6.07) is 13.2. The molecule has 0 bridgehead atoms. The Balaban J connectivity index is 1.30. The molecule has 1 aliphatic heterocycles. The van der Waals surface area contributed by atoms with Crippen LogP contribution < -0.4 is 16.2 Å². The van der Waals surface area contributed by atoms with E-state index in [4.69, 9.17) is 0 Å². The Labute approximate surface area is 184 Å². The van der Waals surface area contributed by atoms with Gasteiger partial charge in [0.2, 0.25) is 5.91 Å². The van der Waals surface area contributed by atoms with Crippen molar-refractivity contribution in [1.29, 1.82) is 0 Å². The first-order valence-electron chi connectivity index (χ1n) is 10.7. The van der Waals surface area contributed by atoms with Crippen molar-refractivity contribution in [2.75, 3.05) is 5.32 Å². The zero-order valence-corrected chi connectivity index (χ0v) is 17.8. The van der Waals surface area contributed by atoms with Gasteiger partial charge in [0.1, 0.15) is 6.04 Å². The first-order valence-corrected chi connectivity index (χ1v) is 10.7. The minimum Gasteiger partial charge on any atom is -0.361 e. The van der Waals surface area contributed by atoms with Crippen molar-refractivity contribution in [2.45, 2.75) is 38.9 Å². The van der Waals surface area contributed by atoms with Gasteiger partial charge in [0.05, 0.1) is 6.54 Å². The second-order valence-corrected chi connectivity index (χ2v) is 8.09. The van der Waals surface area contributed by atoms with Gasteiger partial charge in [0, 0.05) is 46.9 Å². The van der Waals surface area contributed by atoms with Crippen LogP contribution in [-0.4, -0.2) is 25.4 Å². The van der Waals surface area contributed by atoms with Gasteiger partial charge in [0.15, 0.2) is 5.82 Å². The van der Waals surface area contributed by atoms with Gasteiger partial charge in [-0.25, -0.2) is 4.98 Å². The molecule has 3 N–H and O–H groups in total. The van der Waals surface area contributed by atoms with Gasteiger partial charge in [-0.15, -0.1) is 0 Å². The number of nitrogens with one attached hydrogen (secondary N) is 3. The Bertz CT molecular complexity index is 1340. The van der Waals surface area contributed by atoms with Crippen molar-refractivity contribution in [1.82, 2.24) is 24.8 Å². The number of rotatable bonds is 6. The molecular formula is C24H24N6O2. The van der Waals surface area contributed by atoms with E-state index in [1.807, 2.05) is 55.6 Å². The average molecular weight is 428 g/mol. The Morgan fingerprint density at radius 1 is 1.16 bits per heavy atom. The molecule has 5 rings (SSSR count). The van der Waals surface area contributed by atoms with E-state index in [1.165, 1.54) is 0 Å². The minimum absolute atomic E-state index is 0.168. The standard InChI is InChI=1S/C24H24N6O2/c1-15-9-20-17(12-25-15)10-18(29-20)13-28-23(31)21-8-7-19-14-27-22(24(32)30(19)21)26-11-16-5-3-2-4-6-16/h2-6,9-10,12,14,21,29H,7-8,11,13H2,1H3,(H,26,27)(H,28,31)/t21-/m0/s1. The van der Waals surface area contributed by atoms with Crippen molar-refractivity contribution >= 4 is 22.6 Å². The molecule has 32 heavy (non-hydrogen) atoms. The zero-order valence-electron chi connectivity index (χ0n) is 17.8. The van der Waals surface area contributed by atoms with Crippen LogP contribution in [-0.2, 0) is 24.3 Å². The fraction of sp³-hybridized carbons (Fsp3) is 0.250. The quantitative estimate of drug-likeness (QED) is 0.438. The molecule has 3 aromatic heterocycles. The topological polar surface area (TPSA) is 105 Å². The molecule has 0 saturated heterocycles. The molecule has 1 aromatic carbocycles. The first kappa shape index (κ1) is 20.0. The van der Waals surface area contributed by atoms with Gasteiger partial charge in [-0.2, -0.15) is 0 Å². The molecule has 4 heterocycles. The summed E-state index contributed by atoms with van der Waals surface area (Å²) in [6.07, 6.45) is 4.74. The number of H-pyrrole nitrogens is 1. The van der Waals surface area contributed by atoms with Crippen molar-refractivity contribution in [3.8, 4) is 0 Å². The molecule has 0 unspecified atom stereocenters. The van der Waals surface area contributed by atoms with Crippen LogP contribution in [0.5, 0.6) is 0 Å². The number of aryl methyl sites for hydroxylation is 2. The highest BCUT2D eigenvalue weighted by Gasteiger charge is 2.30. The Morgan fingerprint density at radius 2 is 2.00 bits per heavy atom. The number of pyridine rings is 1. The molecule has 0 fully saturated rings. The van der Waals surface area contributed by atoms with Crippen LogP contribution in [0.15, 0.2) is 59.7 Å². The zero-order chi connectivity index (χ0) is 22.1. The molecule has 1 aliphatic rings. The van der Waals surface area contributed by atoms with E-state index < -0.39 is 6.04 Å². The van der Waals surface area contributed by atoms with Gasteiger partial charge in [-0.1, -0.05) is 30.3 Å². The maximum absolute atomic E-state index is 13.1. The summed E-state index contributed by atoms with van der Waals surface area (Å²) in [4.78, 5) is 37.9. The van der Waals surface area contributed by atoms with Crippen LogP contribution in [0.1, 0.15) is 35.1 Å². The van der Waals surface area contributed by atoms with Crippen molar-refractivity contribution < 1.29 is 4.79 Å². The lowest BCUT2D eigenvalue weighted by atomic mass is 10.2. The van der Waals surface area contributed by atoms with E-state index >= 15 is 0 Å². The van der Waals surface area contributed by atoms with Crippen molar-refractivity contribution in [3.05, 3.63) is 87.9 Å². The SMILES string of the molecule is Cc1cc2[nH]c(CNC(=O)[C@@H]3CCc4cnc(NCc5ccccc5)c(=O)n43)cc2cn1. The summed E-state index contributed by atoms with van der Waals surface area (Å²) in [7, 11) is 0. The van der Waals surface area contributed by atoms with E-state index in [0.29, 0.717) is 25.9 Å². The van der Waals surface area contributed by atoms with Gasteiger partial charge < -0.3 is 15.6 Å². The summed E-state index contributed by atoms with van der Waals surface area (Å²) in [6.45, 7) is 2.79. The molecule has 162 valence electrons. The molecule has 0 aliphatic carbocycles. The van der Waals surface area contributed by atoms with Crippen LogP contribution in [0.4, 0.5) is 5.82 Å². The fourth-order valence-electron chi connectivity index (χ4n) is 4.18. The smallest absolute Gasteiger partial charge is 0.294 e. The molecule has 4 aromatic rings.